The van der Waals surface area contributed by atoms with Gasteiger partial charge in [-0.15, -0.1) is 11.3 Å². The van der Waals surface area contributed by atoms with Crippen molar-refractivity contribution < 1.29 is 19.4 Å². The number of hydrogen-bond acceptors (Lipinski definition) is 7. The van der Waals surface area contributed by atoms with Crippen molar-refractivity contribution in [1.29, 1.82) is 0 Å². The first-order valence-electron chi connectivity index (χ1n) is 13.5. The minimum absolute atomic E-state index is 0.0138. The van der Waals surface area contributed by atoms with Crippen LogP contribution in [-0.2, 0) is 0 Å². The van der Waals surface area contributed by atoms with Gasteiger partial charge in [0.05, 0.1) is 23.9 Å². The van der Waals surface area contributed by atoms with E-state index in [0.717, 1.165) is 23.0 Å². The summed E-state index contributed by atoms with van der Waals surface area (Å²) in [5.74, 6) is 0.632. The average Bonchev–Trinajstić information content (AvgIpc) is 3.57. The number of fused-ring (bicyclic) bond motifs is 1. The van der Waals surface area contributed by atoms with E-state index < -0.39 is 0 Å². The van der Waals surface area contributed by atoms with Gasteiger partial charge in [-0.2, -0.15) is 0 Å². The van der Waals surface area contributed by atoms with Gasteiger partial charge in [0.2, 0.25) is 0 Å². The number of carbonyl (C=O) groups is 2. The first kappa shape index (κ1) is 27.3. The van der Waals surface area contributed by atoms with E-state index in [4.69, 9.17) is 4.74 Å². The molecule has 1 saturated carbocycles. The Morgan fingerprint density at radius 3 is 2.67 bits per heavy atom. The second-order valence-corrected chi connectivity index (χ2v) is 11.7. The molecule has 0 saturated heterocycles. The molecular weight excluding hydrogens is 512 g/mol. The first-order valence-corrected chi connectivity index (χ1v) is 14.4. The number of carbonyl (C=O) groups excluding carboxylic acids is 2. The summed E-state index contributed by atoms with van der Waals surface area (Å²) >= 11 is 1.54. The highest BCUT2D eigenvalue weighted by atomic mass is 32.1. The standard InChI is InChI=1S/C30H36N4O4S/c1-19-15-34(20(2)18-35)30(37)24-5-4-6-25(27(24)38-26(19)17-33(3)16-21-7-8-21)32-28(36)22-9-11-23(12-10-22)29-31-13-14-39-29/h4-6,9-14,19-21,26,35H,7-8,15-18H2,1-3H3,(H,32,36)/t19-,20+,26+/m1/s1. The third kappa shape index (κ3) is 6.32. The van der Waals surface area contributed by atoms with Crippen molar-refractivity contribution in [2.75, 3.05) is 38.6 Å². The Bertz CT molecular complexity index is 1290. The van der Waals surface area contributed by atoms with Crippen LogP contribution in [-0.4, -0.2) is 77.1 Å². The van der Waals surface area contributed by atoms with Crippen LogP contribution < -0.4 is 10.1 Å². The number of aliphatic hydroxyl groups is 1. The first-order chi connectivity index (χ1) is 18.8. The zero-order valence-electron chi connectivity index (χ0n) is 22.7. The predicted molar refractivity (Wildman–Crippen MR) is 153 cm³/mol. The Labute approximate surface area is 233 Å². The summed E-state index contributed by atoms with van der Waals surface area (Å²) in [6.45, 7) is 5.99. The number of nitrogens with one attached hydrogen (secondary N) is 1. The number of rotatable bonds is 9. The number of thiazole rings is 1. The maximum Gasteiger partial charge on any atom is 0.258 e. The monoisotopic (exact) mass is 548 g/mol. The van der Waals surface area contributed by atoms with E-state index in [1.807, 2.05) is 24.4 Å². The van der Waals surface area contributed by atoms with E-state index in [-0.39, 0.29) is 36.5 Å². The van der Waals surface area contributed by atoms with Gasteiger partial charge >= 0.3 is 0 Å². The van der Waals surface area contributed by atoms with Gasteiger partial charge in [0.25, 0.3) is 11.8 Å². The van der Waals surface area contributed by atoms with Gasteiger partial charge in [0, 0.05) is 48.3 Å². The summed E-state index contributed by atoms with van der Waals surface area (Å²) in [6, 6.07) is 12.2. The van der Waals surface area contributed by atoms with E-state index in [0.29, 0.717) is 35.7 Å². The molecule has 1 aromatic heterocycles. The number of amides is 2. The van der Waals surface area contributed by atoms with Crippen molar-refractivity contribution in [2.45, 2.75) is 38.8 Å². The van der Waals surface area contributed by atoms with E-state index >= 15 is 0 Å². The highest BCUT2D eigenvalue weighted by molar-refractivity contribution is 7.13. The summed E-state index contributed by atoms with van der Waals surface area (Å²) in [4.78, 5) is 35.3. The molecule has 39 heavy (non-hydrogen) atoms. The van der Waals surface area contributed by atoms with Crippen molar-refractivity contribution in [3.63, 3.8) is 0 Å². The number of aromatic nitrogens is 1. The average molecular weight is 549 g/mol. The van der Waals surface area contributed by atoms with Crippen LogP contribution in [0.2, 0.25) is 0 Å². The van der Waals surface area contributed by atoms with Gasteiger partial charge in [-0.05, 0) is 57.0 Å². The van der Waals surface area contributed by atoms with Gasteiger partial charge < -0.3 is 25.0 Å². The molecule has 2 heterocycles. The molecule has 3 atom stereocenters. The van der Waals surface area contributed by atoms with Crippen LogP contribution in [0.5, 0.6) is 5.75 Å². The molecule has 2 aliphatic rings. The van der Waals surface area contributed by atoms with E-state index in [2.05, 4.69) is 29.2 Å². The number of likely N-dealkylation sites (N-methyl/N-ethyl adjacent to an activating group) is 1. The molecule has 2 N–H and O–H groups in total. The lowest BCUT2D eigenvalue weighted by Crippen LogP contribution is -2.50. The molecule has 8 nitrogen and oxygen atoms in total. The number of benzene rings is 2. The second kappa shape index (κ2) is 11.9. The summed E-state index contributed by atoms with van der Waals surface area (Å²) in [5, 5.41) is 15.7. The van der Waals surface area contributed by atoms with Gasteiger partial charge in [-0.25, -0.2) is 4.98 Å². The zero-order valence-corrected chi connectivity index (χ0v) is 23.5. The quantitative estimate of drug-likeness (QED) is 0.405. The third-order valence-corrected chi connectivity index (χ3v) is 8.35. The van der Waals surface area contributed by atoms with Gasteiger partial charge in [0.1, 0.15) is 11.1 Å². The summed E-state index contributed by atoms with van der Waals surface area (Å²) in [6.07, 6.45) is 4.09. The van der Waals surface area contributed by atoms with Gasteiger partial charge in [-0.1, -0.05) is 25.1 Å². The molecule has 1 aliphatic heterocycles. The van der Waals surface area contributed by atoms with Crippen LogP contribution in [0.15, 0.2) is 54.0 Å². The number of para-hydroxylation sites is 1. The topological polar surface area (TPSA) is 95.0 Å². The Morgan fingerprint density at radius 1 is 1.23 bits per heavy atom. The van der Waals surface area contributed by atoms with E-state index in [9.17, 15) is 14.7 Å². The number of anilines is 1. The fourth-order valence-electron chi connectivity index (χ4n) is 5.01. The van der Waals surface area contributed by atoms with Crippen LogP contribution in [0.1, 0.15) is 47.4 Å². The number of ether oxygens (including phenoxy) is 1. The van der Waals surface area contributed by atoms with Gasteiger partial charge in [-0.3, -0.25) is 9.59 Å². The molecule has 0 unspecified atom stereocenters. The number of nitrogens with zero attached hydrogens (tertiary/aromatic N) is 3. The van der Waals surface area contributed by atoms with Crippen LogP contribution >= 0.6 is 11.3 Å². The minimum atomic E-state index is -0.342. The van der Waals surface area contributed by atoms with Crippen molar-refractivity contribution in [3.05, 3.63) is 65.2 Å². The highest BCUT2D eigenvalue weighted by Gasteiger charge is 2.35. The summed E-state index contributed by atoms with van der Waals surface area (Å²) in [5.41, 5.74) is 2.28. The molecule has 1 fully saturated rings. The number of aliphatic hydroxyl groups excluding tert-OH is 1. The molecule has 1 aliphatic carbocycles. The molecular formula is C30H36N4O4S. The molecule has 0 radical (unpaired) electrons. The number of hydrogen-bond donors (Lipinski definition) is 2. The molecule has 2 amide bonds. The van der Waals surface area contributed by atoms with Crippen molar-refractivity contribution >= 4 is 28.8 Å². The van der Waals surface area contributed by atoms with Crippen molar-refractivity contribution in [1.82, 2.24) is 14.8 Å². The van der Waals surface area contributed by atoms with E-state index in [1.54, 1.807) is 52.8 Å². The fraction of sp³-hybridized carbons (Fsp3) is 0.433. The van der Waals surface area contributed by atoms with E-state index in [1.165, 1.54) is 12.8 Å². The molecule has 2 aromatic carbocycles. The zero-order chi connectivity index (χ0) is 27.5. The van der Waals surface area contributed by atoms with Crippen LogP contribution in [0, 0.1) is 11.8 Å². The fourth-order valence-corrected chi connectivity index (χ4v) is 5.65. The molecule has 3 aromatic rings. The van der Waals surface area contributed by atoms with Crippen molar-refractivity contribution in [2.24, 2.45) is 11.8 Å². The Balaban J connectivity index is 1.43. The molecule has 206 valence electrons. The van der Waals surface area contributed by atoms with Gasteiger partial charge in [0.15, 0.2) is 5.75 Å². The van der Waals surface area contributed by atoms with Crippen LogP contribution in [0.4, 0.5) is 5.69 Å². The maximum atomic E-state index is 13.7. The second-order valence-electron chi connectivity index (χ2n) is 10.8. The smallest absolute Gasteiger partial charge is 0.258 e. The Hall–Kier alpha value is -3.27. The summed E-state index contributed by atoms with van der Waals surface area (Å²) < 4.78 is 6.62. The molecule has 0 bridgehead atoms. The van der Waals surface area contributed by atoms with Crippen LogP contribution in [0.3, 0.4) is 0 Å². The normalized spacial score (nSPS) is 20.1. The third-order valence-electron chi connectivity index (χ3n) is 7.52. The lowest BCUT2D eigenvalue weighted by molar-refractivity contribution is 0.0345. The van der Waals surface area contributed by atoms with Crippen molar-refractivity contribution in [3.8, 4) is 16.3 Å². The Morgan fingerprint density at radius 2 is 2.00 bits per heavy atom. The lowest BCUT2D eigenvalue weighted by Gasteiger charge is -2.38. The lowest BCUT2D eigenvalue weighted by atomic mass is 9.99. The molecule has 9 heteroatoms. The maximum absolute atomic E-state index is 13.7. The predicted octanol–water partition coefficient (Wildman–Crippen LogP) is 4.62. The Kier molecular flexibility index (Phi) is 8.30. The summed E-state index contributed by atoms with van der Waals surface area (Å²) in [7, 11) is 2.11. The van der Waals surface area contributed by atoms with Crippen LogP contribution in [0.25, 0.3) is 10.6 Å². The largest absolute Gasteiger partial charge is 0.486 e. The molecule has 0 spiro atoms. The minimum Gasteiger partial charge on any atom is -0.486 e. The SMILES string of the molecule is C[C@@H]1CN([C@@H](C)CO)C(=O)c2cccc(NC(=O)c3ccc(-c4nccs4)cc3)c2O[C@H]1CN(C)CC1CC1. The molecule has 5 rings (SSSR count). The highest BCUT2D eigenvalue weighted by Crippen LogP contribution is 2.36.